The van der Waals surface area contributed by atoms with Gasteiger partial charge in [-0.2, -0.15) is 0 Å². The Bertz CT molecular complexity index is 782. The molecule has 0 aliphatic heterocycles. The molecule has 1 fully saturated rings. The number of aromatic nitrogens is 3. The number of carbonyl (C=O) groups is 1. The highest BCUT2D eigenvalue weighted by molar-refractivity contribution is 9.10. The normalized spacial score (nSPS) is 19.6. The minimum atomic E-state index is 0.0675. The van der Waals surface area contributed by atoms with Gasteiger partial charge in [0.1, 0.15) is 0 Å². The summed E-state index contributed by atoms with van der Waals surface area (Å²) >= 11 is 4.87. The van der Waals surface area contributed by atoms with E-state index in [1.54, 1.807) is 0 Å². The van der Waals surface area contributed by atoms with Gasteiger partial charge in [0.25, 0.3) is 0 Å². The van der Waals surface area contributed by atoms with Crippen molar-refractivity contribution in [2.75, 3.05) is 5.75 Å². The van der Waals surface area contributed by atoms with Crippen molar-refractivity contribution in [3.8, 4) is 11.4 Å². The standard InChI is InChI=1S/C20H25BrN4OS/c1-3-12-25-19(15-6-8-16(21)9-7-15)23-24-20(25)27-13-18(26)22-17-10-4-14(2)5-11-17/h3,6-9,14,17H,1,4-5,10-13H2,2H3,(H,22,26). The van der Waals surface area contributed by atoms with Gasteiger partial charge in [-0.25, -0.2) is 0 Å². The molecular formula is C20H25BrN4OS. The first-order valence-electron chi connectivity index (χ1n) is 9.29. The van der Waals surface area contributed by atoms with Crippen LogP contribution in [0.25, 0.3) is 11.4 Å². The molecule has 0 unspecified atom stereocenters. The third-order valence-electron chi connectivity index (χ3n) is 4.84. The number of rotatable bonds is 7. The second-order valence-electron chi connectivity index (χ2n) is 7.03. The summed E-state index contributed by atoms with van der Waals surface area (Å²) in [6.45, 7) is 6.71. The van der Waals surface area contributed by atoms with E-state index in [0.717, 1.165) is 39.8 Å². The maximum absolute atomic E-state index is 12.3. The van der Waals surface area contributed by atoms with Gasteiger partial charge in [-0.1, -0.05) is 52.8 Å². The summed E-state index contributed by atoms with van der Waals surface area (Å²) in [5.74, 6) is 1.98. The molecule has 0 bridgehead atoms. The van der Waals surface area contributed by atoms with Crippen molar-refractivity contribution >= 4 is 33.6 Å². The van der Waals surface area contributed by atoms with Crippen molar-refractivity contribution in [3.63, 3.8) is 0 Å². The van der Waals surface area contributed by atoms with Crippen LogP contribution in [-0.2, 0) is 11.3 Å². The van der Waals surface area contributed by atoms with Crippen LogP contribution in [0, 0.1) is 5.92 Å². The average Bonchev–Trinajstić information content (AvgIpc) is 3.06. The molecule has 3 rings (SSSR count). The van der Waals surface area contributed by atoms with E-state index >= 15 is 0 Å². The van der Waals surface area contributed by atoms with Gasteiger partial charge in [0.05, 0.1) is 5.75 Å². The number of benzene rings is 1. The van der Waals surface area contributed by atoms with Gasteiger partial charge in [-0.15, -0.1) is 16.8 Å². The highest BCUT2D eigenvalue weighted by atomic mass is 79.9. The zero-order chi connectivity index (χ0) is 19.2. The predicted molar refractivity (Wildman–Crippen MR) is 114 cm³/mol. The van der Waals surface area contributed by atoms with Gasteiger partial charge >= 0.3 is 0 Å². The lowest BCUT2D eigenvalue weighted by molar-refractivity contribution is -0.119. The van der Waals surface area contributed by atoms with Gasteiger partial charge in [-0.05, 0) is 43.7 Å². The van der Waals surface area contributed by atoms with Crippen LogP contribution in [0.4, 0.5) is 0 Å². The Morgan fingerprint density at radius 2 is 2.00 bits per heavy atom. The number of hydrogen-bond acceptors (Lipinski definition) is 4. The minimum absolute atomic E-state index is 0.0675. The fourth-order valence-corrected chi connectivity index (χ4v) is 4.33. The number of allylic oxidation sites excluding steroid dienone is 1. The van der Waals surface area contributed by atoms with Crippen LogP contribution < -0.4 is 5.32 Å². The van der Waals surface area contributed by atoms with Crippen LogP contribution in [0.5, 0.6) is 0 Å². The van der Waals surface area contributed by atoms with Crippen LogP contribution in [0.1, 0.15) is 32.6 Å². The van der Waals surface area contributed by atoms with E-state index < -0.39 is 0 Å². The number of thioether (sulfide) groups is 1. The Labute approximate surface area is 173 Å². The monoisotopic (exact) mass is 448 g/mol. The fourth-order valence-electron chi connectivity index (χ4n) is 3.31. The molecule has 1 saturated carbocycles. The molecule has 144 valence electrons. The molecule has 1 amide bonds. The van der Waals surface area contributed by atoms with E-state index in [2.05, 4.69) is 44.9 Å². The number of hydrogen-bond donors (Lipinski definition) is 1. The van der Waals surface area contributed by atoms with E-state index in [1.807, 2.05) is 34.9 Å². The van der Waals surface area contributed by atoms with Gasteiger partial charge in [-0.3, -0.25) is 9.36 Å². The number of halogens is 1. The highest BCUT2D eigenvalue weighted by Gasteiger charge is 2.20. The van der Waals surface area contributed by atoms with Crippen LogP contribution in [-0.4, -0.2) is 32.5 Å². The number of nitrogens with zero attached hydrogens (tertiary/aromatic N) is 3. The third-order valence-corrected chi connectivity index (χ3v) is 6.34. The van der Waals surface area contributed by atoms with Gasteiger partial charge in [0, 0.05) is 22.6 Å². The Morgan fingerprint density at radius 1 is 1.30 bits per heavy atom. The lowest BCUT2D eigenvalue weighted by Crippen LogP contribution is -2.38. The zero-order valence-electron chi connectivity index (χ0n) is 15.5. The first-order chi connectivity index (χ1) is 13.1. The smallest absolute Gasteiger partial charge is 0.230 e. The quantitative estimate of drug-likeness (QED) is 0.493. The Balaban J connectivity index is 1.63. The molecule has 1 N–H and O–H groups in total. The molecule has 1 aromatic carbocycles. The third kappa shape index (κ3) is 5.45. The lowest BCUT2D eigenvalue weighted by Gasteiger charge is -2.26. The van der Waals surface area contributed by atoms with E-state index in [-0.39, 0.29) is 5.91 Å². The first kappa shape index (κ1) is 20.1. The van der Waals surface area contributed by atoms with Crippen LogP contribution >= 0.6 is 27.7 Å². The van der Waals surface area contributed by atoms with Gasteiger partial charge in [0.2, 0.25) is 5.91 Å². The maximum atomic E-state index is 12.3. The zero-order valence-corrected chi connectivity index (χ0v) is 17.9. The van der Waals surface area contributed by atoms with Crippen molar-refractivity contribution in [3.05, 3.63) is 41.4 Å². The van der Waals surface area contributed by atoms with Crippen LogP contribution in [0.2, 0.25) is 0 Å². The number of carbonyl (C=O) groups excluding carboxylic acids is 1. The molecule has 5 nitrogen and oxygen atoms in total. The molecule has 7 heteroatoms. The summed E-state index contributed by atoms with van der Waals surface area (Å²) in [5, 5.41) is 12.5. The lowest BCUT2D eigenvalue weighted by atomic mass is 9.87. The molecule has 27 heavy (non-hydrogen) atoms. The van der Waals surface area contributed by atoms with Crippen molar-refractivity contribution in [2.45, 2.75) is 50.4 Å². The Kier molecular flexibility index (Phi) is 7.13. The largest absolute Gasteiger partial charge is 0.353 e. The molecule has 0 atom stereocenters. The SMILES string of the molecule is C=CCn1c(SCC(=O)NC2CCC(C)CC2)nnc1-c1ccc(Br)cc1. The topological polar surface area (TPSA) is 59.8 Å². The number of amides is 1. The van der Waals surface area contributed by atoms with Crippen molar-refractivity contribution < 1.29 is 4.79 Å². The van der Waals surface area contributed by atoms with E-state index in [4.69, 9.17) is 0 Å². The van der Waals surface area contributed by atoms with Crippen LogP contribution in [0.3, 0.4) is 0 Å². The predicted octanol–water partition coefficient (Wildman–Crippen LogP) is 4.68. The molecule has 1 aromatic heterocycles. The van der Waals surface area contributed by atoms with E-state index in [9.17, 15) is 4.79 Å². The summed E-state index contributed by atoms with van der Waals surface area (Å²) in [4.78, 5) is 12.3. The molecule has 2 aromatic rings. The fraction of sp³-hybridized carbons (Fsp3) is 0.450. The Morgan fingerprint density at radius 3 is 2.67 bits per heavy atom. The van der Waals surface area contributed by atoms with Gasteiger partial charge in [0.15, 0.2) is 11.0 Å². The highest BCUT2D eigenvalue weighted by Crippen LogP contribution is 2.26. The average molecular weight is 449 g/mol. The number of nitrogens with one attached hydrogen (secondary N) is 1. The molecule has 1 aliphatic rings. The molecule has 0 radical (unpaired) electrons. The maximum Gasteiger partial charge on any atom is 0.230 e. The molecule has 0 saturated heterocycles. The summed E-state index contributed by atoms with van der Waals surface area (Å²) in [5.41, 5.74) is 0.986. The molecule has 0 spiro atoms. The van der Waals surface area contributed by atoms with Crippen LogP contribution in [0.15, 0.2) is 46.5 Å². The summed E-state index contributed by atoms with van der Waals surface area (Å²) in [6.07, 6.45) is 6.37. The van der Waals surface area contributed by atoms with Crippen molar-refractivity contribution in [1.82, 2.24) is 20.1 Å². The van der Waals surface area contributed by atoms with Crippen molar-refractivity contribution in [1.29, 1.82) is 0 Å². The molecule has 1 heterocycles. The first-order valence-corrected chi connectivity index (χ1v) is 11.1. The summed E-state index contributed by atoms with van der Waals surface area (Å²) in [7, 11) is 0. The summed E-state index contributed by atoms with van der Waals surface area (Å²) in [6, 6.07) is 8.28. The summed E-state index contributed by atoms with van der Waals surface area (Å²) < 4.78 is 3.01. The van der Waals surface area contributed by atoms with Crippen molar-refractivity contribution in [2.24, 2.45) is 5.92 Å². The van der Waals surface area contributed by atoms with E-state index in [1.165, 1.54) is 24.6 Å². The molecular weight excluding hydrogens is 424 g/mol. The molecule has 1 aliphatic carbocycles. The minimum Gasteiger partial charge on any atom is -0.353 e. The van der Waals surface area contributed by atoms with Gasteiger partial charge < -0.3 is 5.32 Å². The Hall–Kier alpha value is -1.60. The van der Waals surface area contributed by atoms with E-state index in [0.29, 0.717) is 18.3 Å². The second-order valence-corrected chi connectivity index (χ2v) is 8.88. The second kappa shape index (κ2) is 9.55.